The van der Waals surface area contributed by atoms with Gasteiger partial charge in [-0.2, -0.15) is 5.26 Å². The fourth-order valence-corrected chi connectivity index (χ4v) is 2.61. The monoisotopic (exact) mass is 348 g/mol. The maximum Gasteiger partial charge on any atom is 0.258 e. The van der Waals surface area contributed by atoms with Crippen LogP contribution >= 0.6 is 23.2 Å². The molecule has 0 spiro atoms. The maximum absolute atomic E-state index is 12.0. The Morgan fingerprint density at radius 1 is 1.30 bits per heavy atom. The Kier molecular flexibility index (Phi) is 5.86. The molecule has 4 nitrogen and oxygen atoms in total. The molecule has 1 unspecified atom stereocenters. The molecule has 0 saturated heterocycles. The van der Waals surface area contributed by atoms with E-state index in [9.17, 15) is 4.79 Å². The summed E-state index contributed by atoms with van der Waals surface area (Å²) in [7, 11) is 0. The standard InChI is InChI=1S/C17H14Cl2N2O2/c1-11(14-7-6-13(18)8-15(14)19)21-17(22)10-23-16-5-3-2-4-12(16)9-20/h2-8,11H,10H2,1H3,(H,21,22). The van der Waals surface area contributed by atoms with Gasteiger partial charge in [-0.15, -0.1) is 0 Å². The van der Waals surface area contributed by atoms with E-state index in [-0.39, 0.29) is 18.6 Å². The zero-order valence-corrected chi connectivity index (χ0v) is 13.9. The van der Waals surface area contributed by atoms with Gasteiger partial charge in [0.25, 0.3) is 5.91 Å². The molecule has 23 heavy (non-hydrogen) atoms. The number of halogens is 2. The lowest BCUT2D eigenvalue weighted by Crippen LogP contribution is -2.31. The SMILES string of the molecule is CC(NC(=O)COc1ccccc1C#N)c1ccc(Cl)cc1Cl. The molecule has 0 radical (unpaired) electrons. The average molecular weight is 349 g/mol. The van der Waals surface area contributed by atoms with Gasteiger partial charge in [0.1, 0.15) is 11.8 Å². The van der Waals surface area contributed by atoms with E-state index in [4.69, 9.17) is 33.2 Å². The first kappa shape index (κ1) is 17.1. The average Bonchev–Trinajstić information content (AvgIpc) is 2.53. The Morgan fingerprint density at radius 2 is 2.04 bits per heavy atom. The van der Waals surface area contributed by atoms with Gasteiger partial charge in [-0.1, -0.05) is 41.4 Å². The molecule has 2 rings (SSSR count). The lowest BCUT2D eigenvalue weighted by molar-refractivity contribution is -0.123. The van der Waals surface area contributed by atoms with Gasteiger partial charge in [0.2, 0.25) is 0 Å². The molecule has 0 bridgehead atoms. The lowest BCUT2D eigenvalue weighted by Gasteiger charge is -2.16. The molecule has 1 amide bonds. The Hall–Kier alpha value is -2.22. The molecule has 0 aliphatic rings. The van der Waals surface area contributed by atoms with Gasteiger partial charge in [-0.25, -0.2) is 0 Å². The summed E-state index contributed by atoms with van der Waals surface area (Å²) in [5, 5.41) is 12.8. The van der Waals surface area contributed by atoms with Crippen LogP contribution in [-0.2, 0) is 4.79 Å². The molecule has 0 saturated carbocycles. The maximum atomic E-state index is 12.0. The highest BCUT2D eigenvalue weighted by atomic mass is 35.5. The molecule has 6 heteroatoms. The number of carbonyl (C=O) groups is 1. The fraction of sp³-hybridized carbons (Fsp3) is 0.176. The summed E-state index contributed by atoms with van der Waals surface area (Å²) >= 11 is 12.0. The predicted molar refractivity (Wildman–Crippen MR) is 89.7 cm³/mol. The number of nitriles is 1. The highest BCUT2D eigenvalue weighted by Crippen LogP contribution is 2.26. The van der Waals surface area contributed by atoms with Crippen LogP contribution in [0.3, 0.4) is 0 Å². The van der Waals surface area contributed by atoms with E-state index in [1.165, 1.54) is 0 Å². The van der Waals surface area contributed by atoms with Crippen molar-refractivity contribution in [3.8, 4) is 11.8 Å². The molecule has 0 aliphatic heterocycles. The molecular weight excluding hydrogens is 335 g/mol. The molecule has 2 aromatic carbocycles. The Morgan fingerprint density at radius 3 is 2.74 bits per heavy atom. The number of nitrogens with zero attached hydrogens (tertiary/aromatic N) is 1. The van der Waals surface area contributed by atoms with E-state index in [0.717, 1.165) is 5.56 Å². The summed E-state index contributed by atoms with van der Waals surface area (Å²) in [6.07, 6.45) is 0. The third-order valence-corrected chi connectivity index (χ3v) is 3.74. The van der Waals surface area contributed by atoms with E-state index >= 15 is 0 Å². The van der Waals surface area contributed by atoms with Crippen molar-refractivity contribution < 1.29 is 9.53 Å². The van der Waals surface area contributed by atoms with Crippen LogP contribution in [0.1, 0.15) is 24.1 Å². The predicted octanol–water partition coefficient (Wildman–Crippen LogP) is 4.12. The molecule has 0 aromatic heterocycles. The highest BCUT2D eigenvalue weighted by Gasteiger charge is 2.14. The molecule has 0 heterocycles. The van der Waals surface area contributed by atoms with Crippen LogP contribution in [0, 0.1) is 11.3 Å². The van der Waals surface area contributed by atoms with Crippen molar-refractivity contribution in [3.63, 3.8) is 0 Å². The van der Waals surface area contributed by atoms with Crippen molar-refractivity contribution in [1.29, 1.82) is 5.26 Å². The highest BCUT2D eigenvalue weighted by molar-refractivity contribution is 6.35. The first-order valence-electron chi connectivity index (χ1n) is 6.87. The van der Waals surface area contributed by atoms with Gasteiger partial charge in [0, 0.05) is 10.0 Å². The number of nitrogens with one attached hydrogen (secondary N) is 1. The fourth-order valence-electron chi connectivity index (χ4n) is 2.04. The van der Waals surface area contributed by atoms with Gasteiger partial charge in [-0.05, 0) is 36.8 Å². The van der Waals surface area contributed by atoms with Crippen LogP contribution in [0.5, 0.6) is 5.75 Å². The zero-order chi connectivity index (χ0) is 16.8. The smallest absolute Gasteiger partial charge is 0.258 e. The van der Waals surface area contributed by atoms with Gasteiger partial charge >= 0.3 is 0 Å². The molecule has 1 N–H and O–H groups in total. The summed E-state index contributed by atoms with van der Waals surface area (Å²) in [5.41, 5.74) is 1.15. The van der Waals surface area contributed by atoms with Crippen molar-refractivity contribution in [3.05, 3.63) is 63.6 Å². The molecule has 2 aromatic rings. The Bertz CT molecular complexity index is 756. The summed E-state index contributed by atoms with van der Waals surface area (Å²) in [4.78, 5) is 12.0. The largest absolute Gasteiger partial charge is 0.482 e. The molecule has 118 valence electrons. The number of rotatable bonds is 5. The van der Waals surface area contributed by atoms with Gasteiger partial charge < -0.3 is 10.1 Å². The van der Waals surface area contributed by atoms with Crippen LogP contribution in [-0.4, -0.2) is 12.5 Å². The van der Waals surface area contributed by atoms with Crippen molar-refractivity contribution in [2.45, 2.75) is 13.0 Å². The Labute approximate surface area is 144 Å². The van der Waals surface area contributed by atoms with Gasteiger partial charge in [-0.3, -0.25) is 4.79 Å². The van der Waals surface area contributed by atoms with Crippen molar-refractivity contribution >= 4 is 29.1 Å². The third-order valence-electron chi connectivity index (χ3n) is 3.17. The van der Waals surface area contributed by atoms with Crippen LogP contribution < -0.4 is 10.1 Å². The number of carbonyl (C=O) groups excluding carboxylic acids is 1. The quantitative estimate of drug-likeness (QED) is 0.883. The second-order valence-corrected chi connectivity index (χ2v) is 5.70. The number of hydrogen-bond acceptors (Lipinski definition) is 3. The van der Waals surface area contributed by atoms with Gasteiger partial charge in [0.15, 0.2) is 6.61 Å². The molecule has 0 aliphatic carbocycles. The number of para-hydroxylation sites is 1. The van der Waals surface area contributed by atoms with Gasteiger partial charge in [0.05, 0.1) is 11.6 Å². The summed E-state index contributed by atoms with van der Waals surface area (Å²) < 4.78 is 5.39. The second kappa shape index (κ2) is 7.87. The number of benzene rings is 2. The van der Waals surface area contributed by atoms with Crippen LogP contribution in [0.25, 0.3) is 0 Å². The van der Waals surface area contributed by atoms with E-state index in [1.54, 1.807) is 42.5 Å². The van der Waals surface area contributed by atoms with Crippen molar-refractivity contribution in [2.75, 3.05) is 6.61 Å². The minimum Gasteiger partial charge on any atom is -0.482 e. The minimum absolute atomic E-state index is 0.186. The number of amides is 1. The first-order valence-corrected chi connectivity index (χ1v) is 7.63. The summed E-state index contributed by atoms with van der Waals surface area (Å²) in [6, 6.07) is 13.6. The van der Waals surface area contributed by atoms with E-state index in [0.29, 0.717) is 21.4 Å². The summed E-state index contributed by atoms with van der Waals surface area (Å²) in [5.74, 6) is 0.0681. The minimum atomic E-state index is -0.309. The van der Waals surface area contributed by atoms with Crippen LogP contribution in [0.4, 0.5) is 0 Å². The van der Waals surface area contributed by atoms with Crippen molar-refractivity contribution in [2.24, 2.45) is 0 Å². The van der Waals surface area contributed by atoms with E-state index < -0.39 is 0 Å². The normalized spacial score (nSPS) is 11.4. The molecule has 0 fully saturated rings. The first-order chi connectivity index (χ1) is 11.0. The van der Waals surface area contributed by atoms with Crippen molar-refractivity contribution in [1.82, 2.24) is 5.32 Å². The summed E-state index contributed by atoms with van der Waals surface area (Å²) in [6.45, 7) is 1.63. The Balaban J connectivity index is 1.95. The van der Waals surface area contributed by atoms with E-state index in [1.807, 2.05) is 13.0 Å². The van der Waals surface area contributed by atoms with E-state index in [2.05, 4.69) is 5.32 Å². The topological polar surface area (TPSA) is 62.1 Å². The lowest BCUT2D eigenvalue weighted by atomic mass is 10.1. The number of ether oxygens (including phenoxy) is 1. The van der Waals surface area contributed by atoms with Crippen LogP contribution in [0.15, 0.2) is 42.5 Å². The van der Waals surface area contributed by atoms with Crippen LogP contribution in [0.2, 0.25) is 10.0 Å². The molecular formula is C17H14Cl2N2O2. The third kappa shape index (κ3) is 4.62. The second-order valence-electron chi connectivity index (χ2n) is 4.85. The zero-order valence-electron chi connectivity index (χ0n) is 12.3. The molecule has 1 atom stereocenters. The number of hydrogen-bond donors (Lipinski definition) is 1.